The van der Waals surface area contributed by atoms with E-state index in [2.05, 4.69) is 36.1 Å². The highest BCUT2D eigenvalue weighted by molar-refractivity contribution is 5.93. The van der Waals surface area contributed by atoms with Gasteiger partial charge in [0.05, 0.1) is 0 Å². The number of carbonyl (C=O) groups is 1. The molecule has 0 saturated carbocycles. The second kappa shape index (κ2) is 6.87. The van der Waals surface area contributed by atoms with Crippen molar-refractivity contribution in [3.05, 3.63) is 17.6 Å². The summed E-state index contributed by atoms with van der Waals surface area (Å²) in [5.74, 6) is 2.65. The molecule has 116 valence electrons. The maximum atomic E-state index is 12.6. The lowest BCUT2D eigenvalue weighted by atomic mass is 9.99. The Morgan fingerprint density at radius 2 is 2.05 bits per heavy atom. The van der Waals surface area contributed by atoms with E-state index in [4.69, 9.17) is 0 Å². The average molecular weight is 290 g/mol. The van der Waals surface area contributed by atoms with Gasteiger partial charge in [0.2, 0.25) is 0 Å². The Hall–Kier alpha value is -1.65. The van der Waals surface area contributed by atoms with Crippen molar-refractivity contribution < 1.29 is 4.79 Å². The van der Waals surface area contributed by atoms with Crippen LogP contribution in [0.4, 0.5) is 5.82 Å². The van der Waals surface area contributed by atoms with Crippen LogP contribution in [-0.4, -0.2) is 40.4 Å². The highest BCUT2D eigenvalue weighted by Crippen LogP contribution is 2.18. The van der Waals surface area contributed by atoms with E-state index in [1.807, 2.05) is 11.8 Å². The number of piperidine rings is 1. The molecule has 1 fully saturated rings. The third kappa shape index (κ3) is 4.41. The predicted molar refractivity (Wildman–Crippen MR) is 84.4 cm³/mol. The summed E-state index contributed by atoms with van der Waals surface area (Å²) in [5, 5.41) is 3.27. The number of aromatic nitrogens is 2. The van der Waals surface area contributed by atoms with Gasteiger partial charge < -0.3 is 10.2 Å². The maximum Gasteiger partial charge on any atom is 0.272 e. The van der Waals surface area contributed by atoms with E-state index in [0.29, 0.717) is 23.4 Å². The first-order valence-electron chi connectivity index (χ1n) is 7.84. The van der Waals surface area contributed by atoms with Crippen LogP contribution in [0.25, 0.3) is 0 Å². The molecule has 5 nitrogen and oxygen atoms in total. The van der Waals surface area contributed by atoms with Crippen LogP contribution in [0, 0.1) is 18.8 Å². The standard InChI is InChI=1S/C16H26N4O/c1-11(2)10-17-15-9-14(18-13(4)19-15)16(21)20-7-5-12(3)6-8-20/h9,11-12H,5-8,10H2,1-4H3,(H,17,18,19). The van der Waals surface area contributed by atoms with Gasteiger partial charge in [0.1, 0.15) is 17.3 Å². The van der Waals surface area contributed by atoms with Crippen LogP contribution < -0.4 is 5.32 Å². The predicted octanol–water partition coefficient (Wildman–Crippen LogP) is 2.73. The second-order valence-corrected chi connectivity index (χ2v) is 6.44. The minimum absolute atomic E-state index is 0.0278. The molecule has 0 unspecified atom stereocenters. The minimum atomic E-state index is 0.0278. The Labute approximate surface area is 127 Å². The minimum Gasteiger partial charge on any atom is -0.370 e. The van der Waals surface area contributed by atoms with E-state index < -0.39 is 0 Å². The van der Waals surface area contributed by atoms with Crippen LogP contribution in [0.1, 0.15) is 49.9 Å². The maximum absolute atomic E-state index is 12.6. The number of rotatable bonds is 4. The van der Waals surface area contributed by atoms with E-state index in [-0.39, 0.29) is 5.91 Å². The van der Waals surface area contributed by atoms with Gasteiger partial charge in [-0.05, 0) is 31.6 Å². The van der Waals surface area contributed by atoms with Gasteiger partial charge in [-0.15, -0.1) is 0 Å². The fourth-order valence-corrected chi connectivity index (χ4v) is 2.45. The van der Waals surface area contributed by atoms with Gasteiger partial charge in [0.15, 0.2) is 0 Å². The Kier molecular flexibility index (Phi) is 5.15. The molecule has 5 heteroatoms. The summed E-state index contributed by atoms with van der Waals surface area (Å²) in [7, 11) is 0. The number of nitrogens with zero attached hydrogens (tertiary/aromatic N) is 3. The second-order valence-electron chi connectivity index (χ2n) is 6.44. The van der Waals surface area contributed by atoms with Crippen LogP contribution in [0.2, 0.25) is 0 Å². The lowest BCUT2D eigenvalue weighted by molar-refractivity contribution is 0.0691. The molecule has 1 N–H and O–H groups in total. The summed E-state index contributed by atoms with van der Waals surface area (Å²) in [6.45, 7) is 10.9. The molecule has 1 amide bonds. The summed E-state index contributed by atoms with van der Waals surface area (Å²) in [6.07, 6.45) is 2.16. The molecule has 0 spiro atoms. The SMILES string of the molecule is Cc1nc(NCC(C)C)cc(C(=O)N2CCC(C)CC2)n1. The van der Waals surface area contributed by atoms with Crippen molar-refractivity contribution in [2.45, 2.75) is 40.5 Å². The Balaban J connectivity index is 2.09. The number of anilines is 1. The molecule has 0 atom stereocenters. The van der Waals surface area contributed by atoms with Gasteiger partial charge in [-0.2, -0.15) is 0 Å². The van der Waals surface area contributed by atoms with Gasteiger partial charge in [0, 0.05) is 25.7 Å². The van der Waals surface area contributed by atoms with Crippen LogP contribution in [0.3, 0.4) is 0 Å². The molecule has 0 radical (unpaired) electrons. The number of carbonyl (C=O) groups excluding carboxylic acids is 1. The van der Waals surface area contributed by atoms with Crippen molar-refractivity contribution in [3.63, 3.8) is 0 Å². The van der Waals surface area contributed by atoms with E-state index >= 15 is 0 Å². The van der Waals surface area contributed by atoms with E-state index in [1.165, 1.54) is 0 Å². The quantitative estimate of drug-likeness (QED) is 0.926. The van der Waals surface area contributed by atoms with Crippen molar-refractivity contribution in [1.29, 1.82) is 0 Å². The molecule has 2 heterocycles. The van der Waals surface area contributed by atoms with Crippen LogP contribution in [0.5, 0.6) is 0 Å². The first kappa shape index (κ1) is 15.7. The Morgan fingerprint density at radius 1 is 1.38 bits per heavy atom. The Morgan fingerprint density at radius 3 is 2.67 bits per heavy atom. The van der Waals surface area contributed by atoms with Gasteiger partial charge in [0.25, 0.3) is 5.91 Å². The highest BCUT2D eigenvalue weighted by Gasteiger charge is 2.23. The van der Waals surface area contributed by atoms with Gasteiger partial charge >= 0.3 is 0 Å². The summed E-state index contributed by atoms with van der Waals surface area (Å²) in [5.41, 5.74) is 0.503. The lowest BCUT2D eigenvalue weighted by Crippen LogP contribution is -2.38. The molecule has 2 rings (SSSR count). The normalized spacial score (nSPS) is 16.3. The van der Waals surface area contributed by atoms with E-state index in [9.17, 15) is 4.79 Å². The number of nitrogens with one attached hydrogen (secondary N) is 1. The topological polar surface area (TPSA) is 58.1 Å². The third-order valence-corrected chi connectivity index (χ3v) is 3.82. The van der Waals surface area contributed by atoms with Crippen molar-refractivity contribution in [1.82, 2.24) is 14.9 Å². The largest absolute Gasteiger partial charge is 0.370 e. The first-order chi connectivity index (χ1) is 9.95. The molecule has 1 aliphatic rings. The van der Waals surface area contributed by atoms with E-state index in [0.717, 1.165) is 38.3 Å². The number of likely N-dealkylation sites (tertiary alicyclic amines) is 1. The van der Waals surface area contributed by atoms with Crippen molar-refractivity contribution in [2.75, 3.05) is 25.0 Å². The zero-order chi connectivity index (χ0) is 15.4. The fraction of sp³-hybridized carbons (Fsp3) is 0.688. The number of aryl methyl sites for hydroxylation is 1. The van der Waals surface area contributed by atoms with Crippen molar-refractivity contribution in [2.24, 2.45) is 11.8 Å². The average Bonchev–Trinajstić information content (AvgIpc) is 2.44. The molecular formula is C16H26N4O. The summed E-state index contributed by atoms with van der Waals surface area (Å²) < 4.78 is 0. The molecule has 0 bridgehead atoms. The first-order valence-corrected chi connectivity index (χ1v) is 7.84. The Bertz CT molecular complexity index is 493. The smallest absolute Gasteiger partial charge is 0.272 e. The van der Waals surface area contributed by atoms with Crippen molar-refractivity contribution >= 4 is 11.7 Å². The lowest BCUT2D eigenvalue weighted by Gasteiger charge is -2.30. The van der Waals surface area contributed by atoms with Crippen molar-refractivity contribution in [3.8, 4) is 0 Å². The fourth-order valence-electron chi connectivity index (χ4n) is 2.45. The number of hydrogen-bond acceptors (Lipinski definition) is 4. The molecule has 21 heavy (non-hydrogen) atoms. The summed E-state index contributed by atoms with van der Waals surface area (Å²) >= 11 is 0. The molecule has 1 aromatic heterocycles. The summed E-state index contributed by atoms with van der Waals surface area (Å²) in [4.78, 5) is 23.1. The van der Waals surface area contributed by atoms with Gasteiger partial charge in [-0.25, -0.2) is 9.97 Å². The van der Waals surface area contributed by atoms with Crippen LogP contribution in [-0.2, 0) is 0 Å². The van der Waals surface area contributed by atoms with Crippen LogP contribution >= 0.6 is 0 Å². The monoisotopic (exact) mass is 290 g/mol. The van der Waals surface area contributed by atoms with Gasteiger partial charge in [-0.1, -0.05) is 20.8 Å². The molecular weight excluding hydrogens is 264 g/mol. The molecule has 0 aliphatic carbocycles. The zero-order valence-electron chi connectivity index (χ0n) is 13.5. The highest BCUT2D eigenvalue weighted by atomic mass is 16.2. The number of hydrogen-bond donors (Lipinski definition) is 1. The summed E-state index contributed by atoms with van der Waals surface area (Å²) in [6, 6.07) is 1.77. The van der Waals surface area contributed by atoms with E-state index in [1.54, 1.807) is 6.07 Å². The zero-order valence-corrected chi connectivity index (χ0v) is 13.5. The molecule has 1 aromatic rings. The molecule has 0 aromatic carbocycles. The molecule has 1 aliphatic heterocycles. The molecule has 1 saturated heterocycles. The third-order valence-electron chi connectivity index (χ3n) is 3.82. The number of amides is 1. The van der Waals surface area contributed by atoms with Crippen LogP contribution in [0.15, 0.2) is 6.07 Å². The van der Waals surface area contributed by atoms with Gasteiger partial charge in [-0.3, -0.25) is 4.79 Å².